The van der Waals surface area contributed by atoms with Gasteiger partial charge in [-0.05, 0) is 12.1 Å². The summed E-state index contributed by atoms with van der Waals surface area (Å²) >= 11 is 0. The van der Waals surface area contributed by atoms with Gasteiger partial charge in [-0.15, -0.1) is 0 Å². The summed E-state index contributed by atoms with van der Waals surface area (Å²) < 4.78 is 10.9. The maximum atomic E-state index is 10.7. The normalized spacial score (nSPS) is 12.8. The van der Waals surface area contributed by atoms with Gasteiger partial charge in [0, 0.05) is 24.8 Å². The molecule has 0 amide bonds. The Morgan fingerprint density at radius 1 is 1.00 bits per heavy atom. The number of hydrogen-bond donors (Lipinski definition) is 2. The average Bonchev–Trinajstić information content (AvgIpc) is 2.46. The molecule has 1 heterocycles. The molecule has 21 heavy (non-hydrogen) atoms. The molecule has 0 atom stereocenters. The van der Waals surface area contributed by atoms with Crippen molar-refractivity contribution >= 4 is 17.6 Å². The summed E-state index contributed by atoms with van der Waals surface area (Å²) in [6, 6.07) is 5.27. The Morgan fingerprint density at radius 2 is 1.57 bits per heavy atom. The van der Waals surface area contributed by atoms with E-state index in [1.165, 1.54) is 0 Å². The molecule has 2 rings (SSSR count). The van der Waals surface area contributed by atoms with Crippen molar-refractivity contribution in [3.63, 3.8) is 0 Å². The van der Waals surface area contributed by atoms with E-state index in [1.807, 2.05) is 0 Å². The fourth-order valence-corrected chi connectivity index (χ4v) is 2.06. The lowest BCUT2D eigenvalue weighted by Crippen LogP contribution is -2.29. The molecule has 0 bridgehead atoms. The molecular weight excluding hydrogens is 278 g/mol. The third-order valence-electron chi connectivity index (χ3n) is 3.08. The summed E-state index contributed by atoms with van der Waals surface area (Å²) in [5.41, 5.74) is 0.724. The zero-order valence-corrected chi connectivity index (χ0v) is 11.4. The third kappa shape index (κ3) is 4.27. The first kappa shape index (κ1) is 15.0. The standard InChI is InChI=1S/C14H17NO6/c16-13(17)3-5-15(6-4-14(18)19)10-1-2-11-12(9-10)21-8-7-20-11/h1-2,9H,3-8H2,(H,16,17)(H,18,19). The molecule has 1 aliphatic rings. The fourth-order valence-electron chi connectivity index (χ4n) is 2.06. The molecule has 7 nitrogen and oxygen atoms in total. The second kappa shape index (κ2) is 6.83. The SMILES string of the molecule is O=C(O)CCN(CCC(=O)O)c1ccc2c(c1)OCCO2. The minimum atomic E-state index is -0.923. The number of anilines is 1. The van der Waals surface area contributed by atoms with Crippen LogP contribution in [0.5, 0.6) is 11.5 Å². The average molecular weight is 295 g/mol. The molecule has 0 aliphatic carbocycles. The van der Waals surface area contributed by atoms with Crippen molar-refractivity contribution in [2.45, 2.75) is 12.8 Å². The summed E-state index contributed by atoms with van der Waals surface area (Å²) in [6.07, 6.45) is -0.123. The lowest BCUT2D eigenvalue weighted by Gasteiger charge is -2.26. The van der Waals surface area contributed by atoms with Gasteiger partial charge in [0.05, 0.1) is 12.8 Å². The monoisotopic (exact) mass is 295 g/mol. The molecule has 1 aliphatic heterocycles. The summed E-state index contributed by atoms with van der Waals surface area (Å²) in [7, 11) is 0. The maximum Gasteiger partial charge on any atom is 0.305 e. The first-order chi connectivity index (χ1) is 10.1. The van der Waals surface area contributed by atoms with Gasteiger partial charge in [0.1, 0.15) is 13.2 Å². The van der Waals surface area contributed by atoms with Crippen LogP contribution in [0.1, 0.15) is 12.8 Å². The molecule has 2 N–H and O–H groups in total. The molecule has 7 heteroatoms. The first-order valence-corrected chi connectivity index (χ1v) is 6.64. The van der Waals surface area contributed by atoms with Gasteiger partial charge in [0.2, 0.25) is 0 Å². The molecular formula is C14H17NO6. The van der Waals surface area contributed by atoms with E-state index in [-0.39, 0.29) is 25.9 Å². The van der Waals surface area contributed by atoms with Crippen LogP contribution in [0.25, 0.3) is 0 Å². The highest BCUT2D eigenvalue weighted by molar-refractivity contribution is 5.69. The van der Waals surface area contributed by atoms with E-state index >= 15 is 0 Å². The van der Waals surface area contributed by atoms with E-state index in [9.17, 15) is 9.59 Å². The molecule has 1 aromatic rings. The Labute approximate surface area is 121 Å². The smallest absolute Gasteiger partial charge is 0.305 e. The number of fused-ring (bicyclic) bond motifs is 1. The van der Waals surface area contributed by atoms with Gasteiger partial charge < -0.3 is 24.6 Å². The molecule has 0 saturated carbocycles. The van der Waals surface area contributed by atoms with E-state index in [0.717, 1.165) is 5.69 Å². The number of carbonyl (C=O) groups is 2. The van der Waals surface area contributed by atoms with Crippen molar-refractivity contribution in [2.75, 3.05) is 31.2 Å². The van der Waals surface area contributed by atoms with Gasteiger partial charge in [-0.2, -0.15) is 0 Å². The van der Waals surface area contributed by atoms with Gasteiger partial charge in [0.15, 0.2) is 11.5 Å². The number of carboxylic acid groups (broad SMARTS) is 2. The Balaban J connectivity index is 2.13. The molecule has 1 aromatic carbocycles. The Kier molecular flexibility index (Phi) is 4.86. The van der Waals surface area contributed by atoms with E-state index in [4.69, 9.17) is 19.7 Å². The molecule has 114 valence electrons. The fraction of sp³-hybridized carbons (Fsp3) is 0.429. The van der Waals surface area contributed by atoms with Gasteiger partial charge in [-0.3, -0.25) is 9.59 Å². The highest BCUT2D eigenvalue weighted by atomic mass is 16.6. The van der Waals surface area contributed by atoms with Crippen LogP contribution in [0, 0.1) is 0 Å². The van der Waals surface area contributed by atoms with Crippen molar-refractivity contribution in [2.24, 2.45) is 0 Å². The minimum Gasteiger partial charge on any atom is -0.486 e. The largest absolute Gasteiger partial charge is 0.486 e. The summed E-state index contributed by atoms with van der Waals surface area (Å²) in [5, 5.41) is 17.6. The molecule has 0 spiro atoms. The third-order valence-corrected chi connectivity index (χ3v) is 3.08. The van der Waals surface area contributed by atoms with Crippen LogP contribution < -0.4 is 14.4 Å². The van der Waals surface area contributed by atoms with E-state index < -0.39 is 11.9 Å². The van der Waals surface area contributed by atoms with Crippen molar-refractivity contribution < 1.29 is 29.3 Å². The molecule has 0 aromatic heterocycles. The zero-order chi connectivity index (χ0) is 15.2. The number of aliphatic carboxylic acids is 2. The number of benzene rings is 1. The number of hydrogen-bond acceptors (Lipinski definition) is 5. The second-order valence-electron chi connectivity index (χ2n) is 4.60. The number of ether oxygens (including phenoxy) is 2. The predicted molar refractivity (Wildman–Crippen MR) is 74.2 cm³/mol. The minimum absolute atomic E-state index is 0.0614. The number of rotatable bonds is 7. The van der Waals surface area contributed by atoms with Crippen LogP contribution in [0.15, 0.2) is 18.2 Å². The number of nitrogens with zero attached hydrogens (tertiary/aromatic N) is 1. The van der Waals surface area contributed by atoms with Crippen LogP contribution in [-0.4, -0.2) is 48.5 Å². The van der Waals surface area contributed by atoms with E-state index in [0.29, 0.717) is 24.7 Å². The van der Waals surface area contributed by atoms with E-state index in [1.54, 1.807) is 23.1 Å². The first-order valence-electron chi connectivity index (χ1n) is 6.64. The van der Waals surface area contributed by atoms with Crippen LogP contribution in [0.2, 0.25) is 0 Å². The van der Waals surface area contributed by atoms with Crippen molar-refractivity contribution in [1.82, 2.24) is 0 Å². The molecule has 0 unspecified atom stereocenters. The van der Waals surface area contributed by atoms with Gasteiger partial charge >= 0.3 is 11.9 Å². The van der Waals surface area contributed by atoms with Gasteiger partial charge in [-0.25, -0.2) is 0 Å². The Morgan fingerprint density at radius 3 is 2.14 bits per heavy atom. The Bertz CT molecular complexity index is 512. The maximum absolute atomic E-state index is 10.7. The zero-order valence-electron chi connectivity index (χ0n) is 11.4. The Hall–Kier alpha value is -2.44. The lowest BCUT2D eigenvalue weighted by atomic mass is 10.2. The highest BCUT2D eigenvalue weighted by Gasteiger charge is 2.16. The summed E-state index contributed by atoms with van der Waals surface area (Å²) in [4.78, 5) is 23.2. The number of carboxylic acids is 2. The van der Waals surface area contributed by atoms with Gasteiger partial charge in [0.25, 0.3) is 0 Å². The van der Waals surface area contributed by atoms with Crippen molar-refractivity contribution in [3.8, 4) is 11.5 Å². The summed E-state index contributed by atoms with van der Waals surface area (Å²) in [5.74, 6) is -0.614. The molecule has 0 radical (unpaired) electrons. The quantitative estimate of drug-likeness (QED) is 0.780. The van der Waals surface area contributed by atoms with Crippen molar-refractivity contribution in [3.05, 3.63) is 18.2 Å². The molecule has 0 saturated heterocycles. The lowest BCUT2D eigenvalue weighted by molar-refractivity contribution is -0.137. The van der Waals surface area contributed by atoms with Crippen LogP contribution in [0.3, 0.4) is 0 Å². The second-order valence-corrected chi connectivity index (χ2v) is 4.60. The topological polar surface area (TPSA) is 96.3 Å². The van der Waals surface area contributed by atoms with Crippen molar-refractivity contribution in [1.29, 1.82) is 0 Å². The van der Waals surface area contributed by atoms with Crippen LogP contribution >= 0.6 is 0 Å². The summed E-state index contributed by atoms with van der Waals surface area (Å²) in [6.45, 7) is 1.43. The van der Waals surface area contributed by atoms with Gasteiger partial charge in [-0.1, -0.05) is 0 Å². The van der Waals surface area contributed by atoms with Crippen LogP contribution in [0.4, 0.5) is 5.69 Å². The predicted octanol–water partition coefficient (Wildman–Crippen LogP) is 1.21. The van der Waals surface area contributed by atoms with E-state index in [2.05, 4.69) is 0 Å². The highest BCUT2D eigenvalue weighted by Crippen LogP contribution is 2.34. The van der Waals surface area contributed by atoms with Crippen LogP contribution in [-0.2, 0) is 9.59 Å². The molecule has 0 fully saturated rings.